The van der Waals surface area contributed by atoms with Crippen LogP contribution in [0.4, 0.5) is 0 Å². The van der Waals surface area contributed by atoms with Gasteiger partial charge in [-0.15, -0.1) is 0 Å². The number of aromatic amines is 1. The Kier molecular flexibility index (Phi) is 5.29. The van der Waals surface area contributed by atoms with Gasteiger partial charge >= 0.3 is 5.69 Å². The lowest BCUT2D eigenvalue weighted by atomic mass is 9.98. The van der Waals surface area contributed by atoms with Gasteiger partial charge in [0.05, 0.1) is 0 Å². The number of carbonyl (C=O) groups is 1. The van der Waals surface area contributed by atoms with Gasteiger partial charge in [0.25, 0.3) is 5.56 Å². The highest BCUT2D eigenvalue weighted by atomic mass is 16.5. The predicted molar refractivity (Wildman–Crippen MR) is 108 cm³/mol. The molecule has 2 heterocycles. The first-order chi connectivity index (χ1) is 14.1. The molecule has 148 valence electrons. The van der Waals surface area contributed by atoms with Gasteiger partial charge in [0.15, 0.2) is 0 Å². The van der Waals surface area contributed by atoms with Gasteiger partial charge < -0.3 is 9.64 Å². The second-order valence-corrected chi connectivity index (χ2v) is 7.05. The summed E-state index contributed by atoms with van der Waals surface area (Å²) in [4.78, 5) is 39.4. The topological polar surface area (TPSA) is 84.4 Å². The van der Waals surface area contributed by atoms with Crippen LogP contribution in [0.25, 0.3) is 0 Å². The molecule has 1 fully saturated rings. The van der Waals surface area contributed by atoms with Crippen LogP contribution >= 0.6 is 0 Å². The monoisotopic (exact) mass is 391 g/mol. The van der Waals surface area contributed by atoms with Crippen molar-refractivity contribution in [2.45, 2.75) is 18.9 Å². The first-order valence-corrected chi connectivity index (χ1v) is 9.49. The highest BCUT2D eigenvalue weighted by Gasteiger charge is 2.27. The number of para-hydroxylation sites is 1. The average molecular weight is 391 g/mol. The van der Waals surface area contributed by atoms with Crippen molar-refractivity contribution < 1.29 is 9.53 Å². The molecule has 29 heavy (non-hydrogen) atoms. The molecule has 0 bridgehead atoms. The van der Waals surface area contributed by atoms with Crippen molar-refractivity contribution >= 4 is 5.91 Å². The third-order valence-electron chi connectivity index (χ3n) is 5.05. The quantitative estimate of drug-likeness (QED) is 0.724. The Morgan fingerprint density at radius 3 is 2.62 bits per heavy atom. The predicted octanol–water partition coefficient (Wildman–Crippen LogP) is 2.35. The van der Waals surface area contributed by atoms with Crippen molar-refractivity contribution in [1.82, 2.24) is 14.5 Å². The summed E-state index contributed by atoms with van der Waals surface area (Å²) in [5.74, 6) is 1.61. The fourth-order valence-electron chi connectivity index (χ4n) is 3.53. The second-order valence-electron chi connectivity index (χ2n) is 7.05. The van der Waals surface area contributed by atoms with Crippen molar-refractivity contribution in [1.29, 1.82) is 0 Å². The molecule has 1 aliphatic rings. The Morgan fingerprint density at radius 1 is 1.03 bits per heavy atom. The number of hydrogen-bond donors (Lipinski definition) is 1. The smallest absolute Gasteiger partial charge is 0.328 e. The van der Waals surface area contributed by atoms with E-state index in [0.717, 1.165) is 23.5 Å². The Bertz CT molecular complexity index is 1120. The Labute approximate surface area is 167 Å². The molecule has 1 aromatic heterocycles. The summed E-state index contributed by atoms with van der Waals surface area (Å²) in [6, 6.07) is 18.8. The second kappa shape index (κ2) is 8.18. The molecule has 7 heteroatoms. The van der Waals surface area contributed by atoms with Gasteiger partial charge in [-0.05, 0) is 36.2 Å². The number of hydrogen-bond acceptors (Lipinski definition) is 4. The molecule has 1 saturated heterocycles. The highest BCUT2D eigenvalue weighted by Crippen LogP contribution is 2.31. The lowest BCUT2D eigenvalue weighted by molar-refractivity contribution is -0.130. The largest absolute Gasteiger partial charge is 0.457 e. The van der Waals surface area contributed by atoms with Crippen LogP contribution in [0.1, 0.15) is 17.9 Å². The van der Waals surface area contributed by atoms with E-state index in [1.54, 1.807) is 4.90 Å². The number of benzene rings is 2. The summed E-state index contributed by atoms with van der Waals surface area (Å²) in [7, 11) is 0. The number of H-pyrrole nitrogens is 1. The number of aromatic nitrogens is 2. The van der Waals surface area contributed by atoms with E-state index < -0.39 is 11.2 Å². The lowest BCUT2D eigenvalue weighted by Gasteiger charge is -2.17. The summed E-state index contributed by atoms with van der Waals surface area (Å²) in [5, 5.41) is 0. The van der Waals surface area contributed by atoms with E-state index in [-0.39, 0.29) is 18.4 Å². The first kappa shape index (κ1) is 18.7. The van der Waals surface area contributed by atoms with Gasteiger partial charge in [-0.25, -0.2) is 4.79 Å². The molecule has 0 aliphatic carbocycles. The van der Waals surface area contributed by atoms with E-state index in [1.165, 1.54) is 16.8 Å². The standard InChI is InChI=1S/C22H21N3O4/c26-20-10-12-25(22(28)23-20)15-21(27)24-11-9-17(14-24)16-5-4-8-19(13-16)29-18-6-2-1-3-7-18/h1-8,10,12-13,17H,9,11,14-15H2,(H,23,26,28). The number of likely N-dealkylation sites (tertiary alicyclic amines) is 1. The van der Waals surface area contributed by atoms with Crippen LogP contribution in [-0.2, 0) is 11.3 Å². The number of amides is 1. The summed E-state index contributed by atoms with van der Waals surface area (Å²) in [6.45, 7) is 1.14. The third-order valence-corrected chi connectivity index (χ3v) is 5.05. The van der Waals surface area contributed by atoms with E-state index in [2.05, 4.69) is 4.98 Å². The number of nitrogens with one attached hydrogen (secondary N) is 1. The highest BCUT2D eigenvalue weighted by molar-refractivity contribution is 5.76. The molecular formula is C22H21N3O4. The SMILES string of the molecule is O=C(Cn1ccc(=O)[nH]c1=O)N1CCC(c2cccc(Oc3ccccc3)c2)C1. The Hall–Kier alpha value is -3.61. The molecule has 1 unspecified atom stereocenters. The van der Waals surface area contributed by atoms with Crippen LogP contribution in [-0.4, -0.2) is 33.4 Å². The van der Waals surface area contributed by atoms with Crippen LogP contribution < -0.4 is 16.0 Å². The van der Waals surface area contributed by atoms with Crippen LogP contribution in [0, 0.1) is 0 Å². The Morgan fingerprint density at radius 2 is 1.83 bits per heavy atom. The lowest BCUT2D eigenvalue weighted by Crippen LogP contribution is -2.37. The van der Waals surface area contributed by atoms with E-state index in [0.29, 0.717) is 13.1 Å². The van der Waals surface area contributed by atoms with E-state index in [4.69, 9.17) is 4.74 Å². The van der Waals surface area contributed by atoms with E-state index in [1.807, 2.05) is 54.6 Å². The molecule has 3 aromatic rings. The van der Waals surface area contributed by atoms with Crippen LogP contribution in [0.2, 0.25) is 0 Å². The van der Waals surface area contributed by atoms with Crippen molar-refractivity contribution in [2.24, 2.45) is 0 Å². The number of carbonyl (C=O) groups excluding carboxylic acids is 1. The molecule has 1 aliphatic heterocycles. The number of nitrogens with zero attached hydrogens (tertiary/aromatic N) is 2. The van der Waals surface area contributed by atoms with E-state index in [9.17, 15) is 14.4 Å². The molecule has 4 rings (SSSR count). The van der Waals surface area contributed by atoms with Crippen molar-refractivity contribution in [2.75, 3.05) is 13.1 Å². The van der Waals surface area contributed by atoms with Crippen molar-refractivity contribution in [3.63, 3.8) is 0 Å². The minimum atomic E-state index is -0.577. The molecule has 0 spiro atoms. The minimum absolute atomic E-state index is 0.0838. The fraction of sp³-hybridized carbons (Fsp3) is 0.227. The summed E-state index contributed by atoms with van der Waals surface area (Å²) < 4.78 is 7.12. The third kappa shape index (κ3) is 4.45. The van der Waals surface area contributed by atoms with Crippen molar-refractivity contribution in [3.8, 4) is 11.5 Å². The molecule has 2 aromatic carbocycles. The molecule has 1 atom stereocenters. The zero-order chi connectivity index (χ0) is 20.2. The summed E-state index contributed by atoms with van der Waals surface area (Å²) in [6.07, 6.45) is 2.19. The van der Waals surface area contributed by atoms with Gasteiger partial charge in [-0.1, -0.05) is 30.3 Å². The Balaban J connectivity index is 1.41. The number of rotatable bonds is 5. The van der Waals surface area contributed by atoms with Crippen LogP contribution in [0.5, 0.6) is 11.5 Å². The fourth-order valence-corrected chi connectivity index (χ4v) is 3.53. The van der Waals surface area contributed by atoms with Gasteiger partial charge in [0.2, 0.25) is 5.91 Å². The maximum Gasteiger partial charge on any atom is 0.328 e. The first-order valence-electron chi connectivity index (χ1n) is 9.49. The molecule has 7 nitrogen and oxygen atoms in total. The van der Waals surface area contributed by atoms with E-state index >= 15 is 0 Å². The number of ether oxygens (including phenoxy) is 1. The molecule has 0 radical (unpaired) electrons. The average Bonchev–Trinajstić information content (AvgIpc) is 3.22. The molecule has 1 amide bonds. The minimum Gasteiger partial charge on any atom is -0.457 e. The molecule has 0 saturated carbocycles. The molecular weight excluding hydrogens is 370 g/mol. The zero-order valence-corrected chi connectivity index (χ0v) is 15.8. The van der Waals surface area contributed by atoms with Gasteiger partial charge in [0.1, 0.15) is 18.0 Å². The summed E-state index contributed by atoms with van der Waals surface area (Å²) >= 11 is 0. The van der Waals surface area contributed by atoms with Crippen LogP contribution in [0.3, 0.4) is 0 Å². The van der Waals surface area contributed by atoms with Gasteiger partial charge in [0, 0.05) is 31.3 Å². The summed E-state index contributed by atoms with van der Waals surface area (Å²) in [5.41, 5.74) is 0.0693. The maximum absolute atomic E-state index is 12.6. The van der Waals surface area contributed by atoms with Crippen LogP contribution in [0.15, 0.2) is 76.4 Å². The van der Waals surface area contributed by atoms with Gasteiger partial charge in [-0.3, -0.25) is 19.1 Å². The van der Waals surface area contributed by atoms with Crippen molar-refractivity contribution in [3.05, 3.63) is 93.3 Å². The zero-order valence-electron chi connectivity index (χ0n) is 15.8. The normalized spacial score (nSPS) is 16.0. The molecule has 1 N–H and O–H groups in total. The van der Waals surface area contributed by atoms with Gasteiger partial charge in [-0.2, -0.15) is 0 Å². The maximum atomic E-state index is 12.6.